The normalized spacial score (nSPS) is 20.7. The molecule has 134 valence electrons. The summed E-state index contributed by atoms with van der Waals surface area (Å²) in [6.45, 7) is 0.646. The van der Waals surface area contributed by atoms with Crippen molar-refractivity contribution in [2.45, 2.75) is 63.8 Å². The van der Waals surface area contributed by atoms with Crippen LogP contribution in [0.5, 0.6) is 0 Å². The molecular weight excluding hydrogens is 320 g/mol. The number of carbonyl (C=O) groups is 1. The summed E-state index contributed by atoms with van der Waals surface area (Å²) in [6.07, 6.45) is 10.0. The fraction of sp³-hybridized carbons (Fsp3) is 0.650. The Morgan fingerprint density at radius 2 is 1.83 bits per heavy atom. The van der Waals surface area contributed by atoms with E-state index in [9.17, 15) is 4.79 Å². The van der Waals surface area contributed by atoms with Gasteiger partial charge >= 0.3 is 0 Å². The zero-order chi connectivity index (χ0) is 16.1. The topological polar surface area (TPSA) is 55.1 Å². The summed E-state index contributed by atoms with van der Waals surface area (Å²) < 4.78 is 0. The first kappa shape index (κ1) is 19.3. The van der Waals surface area contributed by atoms with Gasteiger partial charge in [-0.25, -0.2) is 0 Å². The summed E-state index contributed by atoms with van der Waals surface area (Å²) in [6, 6.07) is 10.8. The van der Waals surface area contributed by atoms with Crippen molar-refractivity contribution in [1.82, 2.24) is 5.32 Å². The molecule has 1 atom stereocenters. The first-order valence-corrected chi connectivity index (χ1v) is 9.24. The second-order valence-electron chi connectivity index (χ2n) is 7.64. The second-order valence-corrected chi connectivity index (χ2v) is 7.64. The number of benzene rings is 1. The predicted molar refractivity (Wildman–Crippen MR) is 101 cm³/mol. The van der Waals surface area contributed by atoms with Gasteiger partial charge < -0.3 is 11.1 Å². The van der Waals surface area contributed by atoms with Crippen LogP contribution in [0.2, 0.25) is 0 Å². The molecule has 1 unspecified atom stereocenters. The maximum Gasteiger partial charge on any atom is 0.220 e. The number of amides is 1. The SMILES string of the molecule is Cl.NCC1(CC(=O)NC(Cc2ccccc2)C2CC2)CCCCC1. The Balaban J connectivity index is 0.00000208. The molecule has 0 radical (unpaired) electrons. The largest absolute Gasteiger partial charge is 0.353 e. The number of nitrogens with one attached hydrogen (secondary N) is 1. The molecule has 3 rings (SSSR count). The van der Waals surface area contributed by atoms with Gasteiger partial charge in [0.2, 0.25) is 5.91 Å². The van der Waals surface area contributed by atoms with Gasteiger partial charge in [0.15, 0.2) is 0 Å². The average molecular weight is 351 g/mol. The van der Waals surface area contributed by atoms with Crippen molar-refractivity contribution in [3.63, 3.8) is 0 Å². The molecule has 2 aliphatic carbocycles. The van der Waals surface area contributed by atoms with Gasteiger partial charge in [-0.3, -0.25) is 4.79 Å². The maximum absolute atomic E-state index is 12.6. The van der Waals surface area contributed by atoms with E-state index in [0.29, 0.717) is 24.9 Å². The van der Waals surface area contributed by atoms with Crippen LogP contribution in [-0.4, -0.2) is 18.5 Å². The molecule has 2 fully saturated rings. The van der Waals surface area contributed by atoms with E-state index < -0.39 is 0 Å². The van der Waals surface area contributed by atoms with Crippen molar-refractivity contribution in [3.05, 3.63) is 35.9 Å². The summed E-state index contributed by atoms with van der Waals surface area (Å²) in [7, 11) is 0. The number of nitrogens with two attached hydrogens (primary N) is 1. The molecule has 0 heterocycles. The Labute approximate surface area is 152 Å². The zero-order valence-corrected chi connectivity index (χ0v) is 15.3. The van der Waals surface area contributed by atoms with E-state index in [1.807, 2.05) is 6.07 Å². The highest BCUT2D eigenvalue weighted by atomic mass is 35.5. The van der Waals surface area contributed by atoms with Gasteiger partial charge in [0, 0.05) is 12.5 Å². The Bertz CT molecular complexity index is 510. The number of halogens is 1. The number of rotatable bonds is 7. The van der Waals surface area contributed by atoms with Crippen LogP contribution < -0.4 is 11.1 Å². The lowest BCUT2D eigenvalue weighted by Crippen LogP contribution is -2.43. The minimum Gasteiger partial charge on any atom is -0.353 e. The summed E-state index contributed by atoms with van der Waals surface area (Å²) in [5.74, 6) is 0.879. The molecular formula is C20H31ClN2O. The summed E-state index contributed by atoms with van der Waals surface area (Å²) in [5.41, 5.74) is 7.41. The molecule has 0 saturated heterocycles. The minimum atomic E-state index is 0. The van der Waals surface area contributed by atoms with Crippen molar-refractivity contribution in [1.29, 1.82) is 0 Å². The molecule has 0 bridgehead atoms. The molecule has 3 nitrogen and oxygen atoms in total. The quantitative estimate of drug-likeness (QED) is 0.784. The van der Waals surface area contributed by atoms with Crippen LogP contribution in [0.3, 0.4) is 0 Å². The fourth-order valence-corrected chi connectivity index (χ4v) is 4.06. The highest BCUT2D eigenvalue weighted by Crippen LogP contribution is 2.39. The summed E-state index contributed by atoms with van der Waals surface area (Å²) in [5, 5.41) is 3.34. The van der Waals surface area contributed by atoms with Gasteiger partial charge in [0.05, 0.1) is 0 Å². The summed E-state index contributed by atoms with van der Waals surface area (Å²) in [4.78, 5) is 12.6. The molecule has 0 aromatic heterocycles. The van der Waals surface area contributed by atoms with Crippen LogP contribution in [0.1, 0.15) is 56.9 Å². The van der Waals surface area contributed by atoms with Gasteiger partial charge in [0.1, 0.15) is 0 Å². The molecule has 2 aliphatic rings. The van der Waals surface area contributed by atoms with E-state index in [1.165, 1.54) is 37.7 Å². The number of hydrogen-bond acceptors (Lipinski definition) is 2. The Morgan fingerprint density at radius 3 is 2.42 bits per heavy atom. The summed E-state index contributed by atoms with van der Waals surface area (Å²) >= 11 is 0. The van der Waals surface area contributed by atoms with E-state index in [-0.39, 0.29) is 23.7 Å². The zero-order valence-electron chi connectivity index (χ0n) is 14.5. The number of hydrogen-bond donors (Lipinski definition) is 2. The Kier molecular flexibility index (Phi) is 7.12. The van der Waals surface area contributed by atoms with E-state index in [4.69, 9.17) is 5.73 Å². The van der Waals surface area contributed by atoms with Crippen molar-refractivity contribution in [2.24, 2.45) is 17.1 Å². The van der Waals surface area contributed by atoms with Gasteiger partial charge in [0.25, 0.3) is 0 Å². The third-order valence-electron chi connectivity index (χ3n) is 5.72. The lowest BCUT2D eigenvalue weighted by Gasteiger charge is -2.36. The lowest BCUT2D eigenvalue weighted by molar-refractivity contribution is -0.124. The number of carbonyl (C=O) groups excluding carboxylic acids is 1. The van der Waals surface area contributed by atoms with Crippen LogP contribution in [-0.2, 0) is 11.2 Å². The average Bonchev–Trinajstić information content (AvgIpc) is 3.41. The molecule has 3 N–H and O–H groups in total. The smallest absolute Gasteiger partial charge is 0.220 e. The van der Waals surface area contributed by atoms with Crippen LogP contribution in [0.15, 0.2) is 30.3 Å². The van der Waals surface area contributed by atoms with Gasteiger partial charge in [-0.1, -0.05) is 49.6 Å². The second kappa shape index (κ2) is 8.87. The molecule has 2 saturated carbocycles. The van der Waals surface area contributed by atoms with Gasteiger partial charge in [-0.2, -0.15) is 0 Å². The molecule has 1 aromatic rings. The first-order chi connectivity index (χ1) is 11.2. The highest BCUT2D eigenvalue weighted by Gasteiger charge is 2.36. The molecule has 0 aliphatic heterocycles. The monoisotopic (exact) mass is 350 g/mol. The van der Waals surface area contributed by atoms with E-state index in [2.05, 4.69) is 29.6 Å². The van der Waals surface area contributed by atoms with Crippen LogP contribution in [0, 0.1) is 11.3 Å². The van der Waals surface area contributed by atoms with E-state index in [1.54, 1.807) is 0 Å². The van der Waals surface area contributed by atoms with Gasteiger partial charge in [-0.05, 0) is 55.5 Å². The van der Waals surface area contributed by atoms with Crippen LogP contribution in [0.25, 0.3) is 0 Å². The van der Waals surface area contributed by atoms with Crippen LogP contribution in [0.4, 0.5) is 0 Å². The van der Waals surface area contributed by atoms with Crippen molar-refractivity contribution in [2.75, 3.05) is 6.54 Å². The highest BCUT2D eigenvalue weighted by molar-refractivity contribution is 5.85. The van der Waals surface area contributed by atoms with Gasteiger partial charge in [-0.15, -0.1) is 12.4 Å². The maximum atomic E-state index is 12.6. The molecule has 1 aromatic carbocycles. The lowest BCUT2D eigenvalue weighted by atomic mass is 9.71. The van der Waals surface area contributed by atoms with E-state index in [0.717, 1.165) is 19.3 Å². The predicted octanol–water partition coefficient (Wildman–Crippen LogP) is 3.85. The third-order valence-corrected chi connectivity index (χ3v) is 5.72. The molecule has 24 heavy (non-hydrogen) atoms. The van der Waals surface area contributed by atoms with Crippen molar-refractivity contribution >= 4 is 18.3 Å². The molecule has 1 amide bonds. The van der Waals surface area contributed by atoms with Crippen molar-refractivity contribution in [3.8, 4) is 0 Å². The third kappa shape index (κ3) is 5.22. The van der Waals surface area contributed by atoms with E-state index >= 15 is 0 Å². The first-order valence-electron chi connectivity index (χ1n) is 9.24. The molecule has 4 heteroatoms. The van der Waals surface area contributed by atoms with Crippen molar-refractivity contribution < 1.29 is 4.79 Å². The molecule has 0 spiro atoms. The fourth-order valence-electron chi connectivity index (χ4n) is 4.06. The standard InChI is InChI=1S/C20H30N2O.ClH/c21-15-20(11-5-2-6-12-20)14-19(23)22-18(17-9-10-17)13-16-7-3-1-4-8-16;/h1,3-4,7-8,17-18H,2,5-6,9-15,21H2,(H,22,23);1H. The Hall–Kier alpha value is -1.06. The minimum absolute atomic E-state index is 0. The Morgan fingerprint density at radius 1 is 1.17 bits per heavy atom. The van der Waals surface area contributed by atoms with Crippen LogP contribution >= 0.6 is 12.4 Å².